The number of nitro benzene ring substituents is 1. The third kappa shape index (κ3) is 2.93. The fourth-order valence-corrected chi connectivity index (χ4v) is 3.05. The van der Waals surface area contributed by atoms with Crippen molar-refractivity contribution in [3.63, 3.8) is 0 Å². The number of nitro groups is 1. The van der Waals surface area contributed by atoms with E-state index in [0.717, 1.165) is 18.6 Å². The highest BCUT2D eigenvalue weighted by molar-refractivity contribution is 5.36. The summed E-state index contributed by atoms with van der Waals surface area (Å²) in [5.41, 5.74) is 0.108. The number of benzene rings is 1. The van der Waals surface area contributed by atoms with Crippen LogP contribution >= 0.6 is 0 Å². The maximum absolute atomic E-state index is 10.6. The Balaban J connectivity index is 1.47. The number of ether oxygens (including phenoxy) is 1. The average molecular weight is 276 g/mol. The van der Waals surface area contributed by atoms with Gasteiger partial charge in [-0.1, -0.05) is 6.42 Å². The van der Waals surface area contributed by atoms with E-state index in [9.17, 15) is 10.1 Å². The molecule has 0 radical (unpaired) electrons. The normalized spacial score (nSPS) is 26.8. The average Bonchev–Trinajstić information content (AvgIpc) is 2.44. The van der Waals surface area contributed by atoms with Crippen LogP contribution in [0.3, 0.4) is 0 Å². The van der Waals surface area contributed by atoms with Crippen LogP contribution in [0.15, 0.2) is 24.3 Å². The van der Waals surface area contributed by atoms with Gasteiger partial charge in [-0.15, -0.1) is 0 Å². The summed E-state index contributed by atoms with van der Waals surface area (Å²) in [6, 6.07) is 7.05. The lowest BCUT2D eigenvalue weighted by atomic mass is 9.86. The van der Waals surface area contributed by atoms with Gasteiger partial charge in [0.05, 0.1) is 4.92 Å². The van der Waals surface area contributed by atoms with Gasteiger partial charge in [-0.05, 0) is 38.1 Å². The predicted molar refractivity (Wildman–Crippen MR) is 76.0 cm³/mol. The largest absolute Gasteiger partial charge is 0.490 e. The summed E-state index contributed by atoms with van der Waals surface area (Å²) in [7, 11) is 0. The first-order valence-electron chi connectivity index (χ1n) is 7.37. The van der Waals surface area contributed by atoms with E-state index in [1.807, 2.05) is 0 Å². The summed E-state index contributed by atoms with van der Waals surface area (Å²) >= 11 is 0. The lowest BCUT2D eigenvalue weighted by Crippen LogP contribution is -2.50. The van der Waals surface area contributed by atoms with E-state index in [2.05, 4.69) is 4.90 Å². The molecule has 0 unspecified atom stereocenters. The molecule has 1 saturated heterocycles. The first-order chi connectivity index (χ1) is 9.72. The van der Waals surface area contributed by atoms with E-state index in [-0.39, 0.29) is 16.7 Å². The minimum absolute atomic E-state index is 0.108. The maximum atomic E-state index is 10.6. The van der Waals surface area contributed by atoms with Crippen molar-refractivity contribution in [2.75, 3.05) is 13.1 Å². The number of rotatable bonds is 4. The minimum atomic E-state index is -0.389. The third-order valence-electron chi connectivity index (χ3n) is 4.33. The lowest BCUT2D eigenvalue weighted by Gasteiger charge is -2.44. The standard InChI is InChI=1S/C15H20N2O3/c18-17(19)12-4-6-14(7-5-12)20-15-10-13(11-15)16-8-2-1-3-9-16/h4-7,13,15H,1-3,8-11H2. The van der Waals surface area contributed by atoms with Crippen molar-refractivity contribution in [3.8, 4) is 5.75 Å². The van der Waals surface area contributed by atoms with Crippen molar-refractivity contribution in [1.82, 2.24) is 4.90 Å². The second kappa shape index (κ2) is 5.79. The topological polar surface area (TPSA) is 55.6 Å². The summed E-state index contributed by atoms with van der Waals surface area (Å²) in [4.78, 5) is 12.8. The van der Waals surface area contributed by atoms with Crippen molar-refractivity contribution in [3.05, 3.63) is 34.4 Å². The van der Waals surface area contributed by atoms with Crippen molar-refractivity contribution in [2.45, 2.75) is 44.2 Å². The van der Waals surface area contributed by atoms with Gasteiger partial charge in [-0.3, -0.25) is 10.1 Å². The quantitative estimate of drug-likeness (QED) is 0.626. The van der Waals surface area contributed by atoms with Crippen molar-refractivity contribution in [1.29, 1.82) is 0 Å². The molecule has 1 aliphatic carbocycles. The van der Waals surface area contributed by atoms with Crippen molar-refractivity contribution < 1.29 is 9.66 Å². The molecule has 1 saturated carbocycles. The molecule has 0 spiro atoms. The van der Waals surface area contributed by atoms with Crippen LogP contribution in [-0.4, -0.2) is 35.1 Å². The van der Waals surface area contributed by atoms with Gasteiger partial charge in [0.15, 0.2) is 0 Å². The van der Waals surface area contributed by atoms with Gasteiger partial charge in [0, 0.05) is 31.0 Å². The van der Waals surface area contributed by atoms with E-state index in [0.29, 0.717) is 6.04 Å². The molecule has 3 rings (SSSR count). The van der Waals surface area contributed by atoms with Crippen LogP contribution in [0.5, 0.6) is 5.75 Å². The van der Waals surface area contributed by atoms with E-state index in [4.69, 9.17) is 4.74 Å². The number of likely N-dealkylation sites (tertiary alicyclic amines) is 1. The number of piperidine rings is 1. The highest BCUT2D eigenvalue weighted by Gasteiger charge is 2.35. The molecule has 0 N–H and O–H groups in total. The molecule has 2 aliphatic rings. The Labute approximate surface area is 118 Å². The summed E-state index contributed by atoms with van der Waals surface area (Å²) in [6.45, 7) is 2.46. The van der Waals surface area contributed by atoms with Crippen LogP contribution in [0.4, 0.5) is 5.69 Å². The van der Waals surface area contributed by atoms with Crippen LogP contribution in [0.2, 0.25) is 0 Å². The third-order valence-corrected chi connectivity index (χ3v) is 4.33. The Hall–Kier alpha value is -1.62. The molecule has 0 amide bonds. The first kappa shape index (κ1) is 13.4. The van der Waals surface area contributed by atoms with Gasteiger partial charge in [-0.2, -0.15) is 0 Å². The van der Waals surface area contributed by atoms with Gasteiger partial charge >= 0.3 is 0 Å². The minimum Gasteiger partial charge on any atom is -0.490 e. The molecule has 1 aromatic rings. The van der Waals surface area contributed by atoms with Crippen LogP contribution in [0.1, 0.15) is 32.1 Å². The molecule has 1 heterocycles. The predicted octanol–water partition coefficient (Wildman–Crippen LogP) is 2.99. The Morgan fingerprint density at radius 3 is 2.35 bits per heavy atom. The van der Waals surface area contributed by atoms with E-state index >= 15 is 0 Å². The molecule has 1 aliphatic heterocycles. The zero-order valence-electron chi connectivity index (χ0n) is 11.5. The van der Waals surface area contributed by atoms with Gasteiger partial charge in [-0.25, -0.2) is 0 Å². The Kier molecular flexibility index (Phi) is 3.87. The van der Waals surface area contributed by atoms with E-state index in [1.165, 1.54) is 44.5 Å². The molecule has 1 aromatic carbocycles. The van der Waals surface area contributed by atoms with Crippen LogP contribution in [0, 0.1) is 10.1 Å². The Morgan fingerprint density at radius 1 is 1.10 bits per heavy atom. The fourth-order valence-electron chi connectivity index (χ4n) is 3.05. The SMILES string of the molecule is O=[N+]([O-])c1ccc(OC2CC(N3CCCCC3)C2)cc1. The Morgan fingerprint density at radius 2 is 1.75 bits per heavy atom. The van der Waals surface area contributed by atoms with Gasteiger partial charge in [0.2, 0.25) is 0 Å². The number of non-ortho nitro benzene ring substituents is 1. The van der Waals surface area contributed by atoms with Gasteiger partial charge in [0.1, 0.15) is 11.9 Å². The van der Waals surface area contributed by atoms with Crippen molar-refractivity contribution in [2.24, 2.45) is 0 Å². The van der Waals surface area contributed by atoms with Crippen LogP contribution in [0.25, 0.3) is 0 Å². The molecule has 108 valence electrons. The molecular formula is C15H20N2O3. The fraction of sp³-hybridized carbons (Fsp3) is 0.600. The molecule has 5 heteroatoms. The van der Waals surface area contributed by atoms with Crippen LogP contribution in [-0.2, 0) is 0 Å². The highest BCUT2D eigenvalue weighted by atomic mass is 16.6. The van der Waals surface area contributed by atoms with Gasteiger partial charge in [0.25, 0.3) is 5.69 Å². The van der Waals surface area contributed by atoms with Gasteiger partial charge < -0.3 is 9.64 Å². The second-order valence-corrected chi connectivity index (χ2v) is 5.71. The lowest BCUT2D eigenvalue weighted by molar-refractivity contribution is -0.384. The summed E-state index contributed by atoms with van der Waals surface area (Å²) in [5.74, 6) is 0.734. The van der Waals surface area contributed by atoms with Crippen molar-refractivity contribution >= 4 is 5.69 Å². The number of hydrogen-bond acceptors (Lipinski definition) is 4. The second-order valence-electron chi connectivity index (χ2n) is 5.71. The molecule has 2 fully saturated rings. The summed E-state index contributed by atoms with van der Waals surface area (Å²) in [5, 5.41) is 10.6. The maximum Gasteiger partial charge on any atom is 0.269 e. The number of hydrogen-bond donors (Lipinski definition) is 0. The smallest absolute Gasteiger partial charge is 0.269 e. The van der Waals surface area contributed by atoms with E-state index in [1.54, 1.807) is 12.1 Å². The molecule has 0 atom stereocenters. The molecule has 0 bridgehead atoms. The number of nitrogens with zero attached hydrogens (tertiary/aromatic N) is 2. The molecule has 5 nitrogen and oxygen atoms in total. The summed E-state index contributed by atoms with van der Waals surface area (Å²) < 4.78 is 5.86. The molecule has 20 heavy (non-hydrogen) atoms. The summed E-state index contributed by atoms with van der Waals surface area (Å²) in [6.07, 6.45) is 6.44. The molecular weight excluding hydrogens is 256 g/mol. The monoisotopic (exact) mass is 276 g/mol. The van der Waals surface area contributed by atoms with E-state index < -0.39 is 0 Å². The Bertz CT molecular complexity index is 463. The highest BCUT2D eigenvalue weighted by Crippen LogP contribution is 2.31. The zero-order valence-corrected chi connectivity index (χ0v) is 11.5. The first-order valence-corrected chi connectivity index (χ1v) is 7.37. The zero-order chi connectivity index (χ0) is 13.9. The van der Waals surface area contributed by atoms with Crippen LogP contribution < -0.4 is 4.74 Å². The molecule has 0 aromatic heterocycles.